The lowest BCUT2D eigenvalue weighted by Gasteiger charge is -1.97. The van der Waals surface area contributed by atoms with Crippen LogP contribution in [0, 0.1) is 0 Å². The molecule has 0 amide bonds. The van der Waals surface area contributed by atoms with Gasteiger partial charge in [-0.15, -0.1) is 0 Å². The van der Waals surface area contributed by atoms with Crippen LogP contribution in [0.25, 0.3) is 0 Å². The maximum atomic E-state index is 10.4. The minimum atomic E-state index is -0.266. The van der Waals surface area contributed by atoms with Crippen molar-refractivity contribution in [3.8, 4) is 0 Å². The summed E-state index contributed by atoms with van der Waals surface area (Å²) < 4.78 is 0.891. The number of rotatable bonds is 1. The predicted octanol–water partition coefficient (Wildman–Crippen LogP) is 3.03. The molecule has 0 fully saturated rings. The molecule has 0 saturated heterocycles. The van der Waals surface area contributed by atoms with Crippen molar-refractivity contribution < 1.29 is 5.11 Å². The van der Waals surface area contributed by atoms with Gasteiger partial charge in [0, 0.05) is 15.1 Å². The molecular formula is C7H5BrClO. The van der Waals surface area contributed by atoms with E-state index in [0.717, 1.165) is 4.47 Å². The van der Waals surface area contributed by atoms with Gasteiger partial charge >= 0.3 is 0 Å². The topological polar surface area (TPSA) is 19.9 Å². The minimum Gasteiger partial charge on any atom is -0.232 e. The van der Waals surface area contributed by atoms with Crippen LogP contribution in [-0.4, -0.2) is 0 Å². The quantitative estimate of drug-likeness (QED) is 0.693. The highest BCUT2D eigenvalue weighted by Crippen LogP contribution is 2.20. The second-order valence-electron chi connectivity index (χ2n) is 1.88. The number of halogens is 2. The Balaban J connectivity index is 3.09. The Bertz CT molecular complexity index is 237. The second-order valence-corrected chi connectivity index (χ2v) is 3.20. The third-order valence-electron chi connectivity index (χ3n) is 1.16. The molecule has 0 N–H and O–H groups in total. The van der Waals surface area contributed by atoms with E-state index < -0.39 is 0 Å². The lowest BCUT2D eigenvalue weighted by atomic mass is 10.2. The van der Waals surface area contributed by atoms with Gasteiger partial charge in [-0.1, -0.05) is 27.5 Å². The molecule has 1 aromatic carbocycles. The third kappa shape index (κ3) is 1.72. The van der Waals surface area contributed by atoms with Crippen molar-refractivity contribution in [3.05, 3.63) is 33.3 Å². The molecule has 0 atom stereocenters. The first-order valence-electron chi connectivity index (χ1n) is 2.76. The molecule has 1 nitrogen and oxygen atoms in total. The summed E-state index contributed by atoms with van der Waals surface area (Å²) in [5, 5.41) is 10.9. The van der Waals surface area contributed by atoms with E-state index in [1.165, 1.54) is 0 Å². The summed E-state index contributed by atoms with van der Waals surface area (Å²) in [6.45, 7) is -0.266. The van der Waals surface area contributed by atoms with E-state index in [2.05, 4.69) is 15.9 Å². The molecule has 1 rings (SSSR count). The molecule has 1 aromatic rings. The Morgan fingerprint density at radius 2 is 2.20 bits per heavy atom. The van der Waals surface area contributed by atoms with E-state index in [4.69, 9.17) is 11.6 Å². The smallest absolute Gasteiger partial charge is 0.109 e. The highest BCUT2D eigenvalue weighted by molar-refractivity contribution is 9.10. The van der Waals surface area contributed by atoms with Crippen LogP contribution < -0.4 is 0 Å². The van der Waals surface area contributed by atoms with E-state index in [1.807, 2.05) is 6.07 Å². The van der Waals surface area contributed by atoms with Crippen LogP contribution in [0.2, 0.25) is 5.02 Å². The summed E-state index contributed by atoms with van der Waals surface area (Å²) in [7, 11) is 0. The lowest BCUT2D eigenvalue weighted by Crippen LogP contribution is -1.81. The third-order valence-corrected chi connectivity index (χ3v) is 2.03. The molecule has 10 heavy (non-hydrogen) atoms. The predicted molar refractivity (Wildman–Crippen MR) is 43.5 cm³/mol. The fourth-order valence-electron chi connectivity index (χ4n) is 0.654. The molecule has 0 aliphatic heterocycles. The van der Waals surface area contributed by atoms with Gasteiger partial charge in [-0.3, -0.25) is 0 Å². The zero-order valence-electron chi connectivity index (χ0n) is 5.10. The van der Waals surface area contributed by atoms with Crippen molar-refractivity contribution in [2.45, 2.75) is 6.61 Å². The Labute approximate surface area is 72.8 Å². The second kappa shape index (κ2) is 3.37. The molecule has 53 valence electrons. The van der Waals surface area contributed by atoms with Crippen LogP contribution >= 0.6 is 27.5 Å². The highest BCUT2D eigenvalue weighted by atomic mass is 79.9. The van der Waals surface area contributed by atoms with Crippen molar-refractivity contribution in [2.75, 3.05) is 0 Å². The number of benzene rings is 1. The van der Waals surface area contributed by atoms with Crippen molar-refractivity contribution in [1.29, 1.82) is 0 Å². The highest BCUT2D eigenvalue weighted by Gasteiger charge is 1.98. The van der Waals surface area contributed by atoms with Crippen LogP contribution in [-0.2, 0) is 11.7 Å². The van der Waals surface area contributed by atoms with E-state index in [1.54, 1.807) is 12.1 Å². The van der Waals surface area contributed by atoms with E-state index >= 15 is 0 Å². The molecular weight excluding hydrogens is 215 g/mol. The van der Waals surface area contributed by atoms with Crippen molar-refractivity contribution in [3.63, 3.8) is 0 Å². The van der Waals surface area contributed by atoms with Crippen molar-refractivity contribution in [1.82, 2.24) is 0 Å². The van der Waals surface area contributed by atoms with Crippen molar-refractivity contribution >= 4 is 27.5 Å². The Kier molecular flexibility index (Phi) is 2.72. The SMILES string of the molecule is [O]Cc1cc(Br)ccc1Cl. The van der Waals surface area contributed by atoms with E-state index in [0.29, 0.717) is 10.6 Å². The minimum absolute atomic E-state index is 0.266. The van der Waals surface area contributed by atoms with Crippen LogP contribution in [0.4, 0.5) is 0 Å². The standard InChI is InChI=1S/C7H5BrClO/c8-6-1-2-7(9)5(3-6)4-10/h1-3H,4H2. The van der Waals surface area contributed by atoms with Crippen LogP contribution in [0.5, 0.6) is 0 Å². The summed E-state index contributed by atoms with van der Waals surface area (Å²) >= 11 is 8.92. The molecule has 0 spiro atoms. The average molecular weight is 220 g/mol. The van der Waals surface area contributed by atoms with Gasteiger partial charge in [0.15, 0.2) is 0 Å². The van der Waals surface area contributed by atoms with Gasteiger partial charge in [0.2, 0.25) is 0 Å². The molecule has 0 heterocycles. The maximum absolute atomic E-state index is 10.4. The summed E-state index contributed by atoms with van der Waals surface area (Å²) in [5.41, 5.74) is 0.635. The van der Waals surface area contributed by atoms with Crippen LogP contribution in [0.1, 0.15) is 5.56 Å². The largest absolute Gasteiger partial charge is 0.232 e. The van der Waals surface area contributed by atoms with E-state index in [9.17, 15) is 5.11 Å². The van der Waals surface area contributed by atoms with Gasteiger partial charge in [-0.05, 0) is 18.2 Å². The Hall–Kier alpha value is -0.0500. The van der Waals surface area contributed by atoms with Crippen LogP contribution in [0.3, 0.4) is 0 Å². The molecule has 1 radical (unpaired) electrons. The normalized spacial score (nSPS) is 9.90. The maximum Gasteiger partial charge on any atom is 0.109 e. The van der Waals surface area contributed by atoms with Crippen molar-refractivity contribution in [2.24, 2.45) is 0 Å². The zero-order valence-corrected chi connectivity index (χ0v) is 7.45. The molecule has 0 saturated carbocycles. The Morgan fingerprint density at radius 1 is 1.50 bits per heavy atom. The molecule has 0 aliphatic carbocycles. The van der Waals surface area contributed by atoms with Gasteiger partial charge in [0.25, 0.3) is 0 Å². The molecule has 0 aliphatic rings. The number of hydrogen-bond acceptors (Lipinski definition) is 0. The number of hydrogen-bond donors (Lipinski definition) is 0. The van der Waals surface area contributed by atoms with E-state index in [-0.39, 0.29) is 6.61 Å². The first-order chi connectivity index (χ1) is 4.74. The lowest BCUT2D eigenvalue weighted by molar-refractivity contribution is 0.177. The zero-order chi connectivity index (χ0) is 7.56. The summed E-state index contributed by atoms with van der Waals surface area (Å²) in [4.78, 5) is 0. The van der Waals surface area contributed by atoms with Crippen LogP contribution in [0.15, 0.2) is 22.7 Å². The molecule has 0 aromatic heterocycles. The summed E-state index contributed by atoms with van der Waals surface area (Å²) in [6.07, 6.45) is 0. The first-order valence-corrected chi connectivity index (χ1v) is 3.93. The van der Waals surface area contributed by atoms with Gasteiger partial charge in [0.1, 0.15) is 6.61 Å². The monoisotopic (exact) mass is 219 g/mol. The molecule has 0 bridgehead atoms. The Morgan fingerprint density at radius 3 is 2.70 bits per heavy atom. The average Bonchev–Trinajstić information content (AvgIpc) is 1.94. The summed E-state index contributed by atoms with van der Waals surface area (Å²) in [5.74, 6) is 0. The fraction of sp³-hybridized carbons (Fsp3) is 0.143. The van der Waals surface area contributed by atoms with Gasteiger partial charge in [0.05, 0.1) is 0 Å². The first kappa shape index (κ1) is 8.05. The fourth-order valence-corrected chi connectivity index (χ4v) is 1.23. The van der Waals surface area contributed by atoms with Gasteiger partial charge in [-0.2, -0.15) is 0 Å². The summed E-state index contributed by atoms with van der Waals surface area (Å²) in [6, 6.07) is 5.25. The van der Waals surface area contributed by atoms with Gasteiger partial charge in [-0.25, -0.2) is 5.11 Å². The van der Waals surface area contributed by atoms with Gasteiger partial charge < -0.3 is 0 Å². The molecule has 3 heteroatoms. The molecule has 0 unspecified atom stereocenters.